The van der Waals surface area contributed by atoms with Gasteiger partial charge >= 0.3 is 0 Å². The van der Waals surface area contributed by atoms with E-state index in [4.69, 9.17) is 5.73 Å². The smallest absolute Gasteiger partial charge is 0.225 e. The minimum absolute atomic E-state index is 0.00633. The Hall–Kier alpha value is -1.62. The van der Waals surface area contributed by atoms with E-state index < -0.39 is 0 Å². The molecular weight excluding hydrogens is 252 g/mol. The second-order valence-corrected chi connectivity index (χ2v) is 5.85. The number of carbonyl (C=O) groups is 1. The van der Waals surface area contributed by atoms with Crippen molar-refractivity contribution in [3.8, 4) is 0 Å². The molecule has 1 saturated heterocycles. The van der Waals surface area contributed by atoms with Gasteiger partial charge in [-0.15, -0.1) is 0 Å². The summed E-state index contributed by atoms with van der Waals surface area (Å²) in [5, 5.41) is 2.87. The van der Waals surface area contributed by atoms with Gasteiger partial charge in [0.1, 0.15) is 5.82 Å². The van der Waals surface area contributed by atoms with Crippen molar-refractivity contribution in [3.05, 3.63) is 18.3 Å². The van der Waals surface area contributed by atoms with Crippen LogP contribution in [0, 0.1) is 5.92 Å². The number of rotatable bonds is 5. The number of carbonyl (C=O) groups excluding carboxylic acids is 1. The standard InChI is InChI=1S/C15H22N4O/c16-13(11-3-4-11)9-15(20)18-12-5-6-14(17-10-12)19-7-1-2-8-19/h5-6,10-11,13H,1-4,7-9,16H2,(H,18,20). The molecule has 2 heterocycles. The maximum Gasteiger partial charge on any atom is 0.225 e. The molecule has 5 nitrogen and oxygen atoms in total. The quantitative estimate of drug-likeness (QED) is 0.858. The fourth-order valence-corrected chi connectivity index (χ4v) is 2.71. The van der Waals surface area contributed by atoms with E-state index in [-0.39, 0.29) is 11.9 Å². The Morgan fingerprint density at radius 1 is 1.40 bits per heavy atom. The van der Waals surface area contributed by atoms with Crippen molar-refractivity contribution in [2.45, 2.75) is 38.1 Å². The Bertz CT molecular complexity index is 463. The molecule has 0 spiro atoms. The minimum Gasteiger partial charge on any atom is -0.357 e. The Balaban J connectivity index is 1.53. The van der Waals surface area contributed by atoms with Gasteiger partial charge in [0.05, 0.1) is 11.9 Å². The molecule has 0 bridgehead atoms. The van der Waals surface area contributed by atoms with Gasteiger partial charge in [0.2, 0.25) is 5.91 Å². The molecule has 5 heteroatoms. The monoisotopic (exact) mass is 274 g/mol. The molecule has 1 amide bonds. The summed E-state index contributed by atoms with van der Waals surface area (Å²) in [6, 6.07) is 3.90. The van der Waals surface area contributed by atoms with Crippen LogP contribution in [0.25, 0.3) is 0 Å². The van der Waals surface area contributed by atoms with Gasteiger partial charge < -0.3 is 16.0 Å². The summed E-state index contributed by atoms with van der Waals surface area (Å²) >= 11 is 0. The van der Waals surface area contributed by atoms with Crippen LogP contribution in [-0.2, 0) is 4.79 Å². The largest absolute Gasteiger partial charge is 0.357 e. The molecule has 2 fully saturated rings. The average Bonchev–Trinajstić information content (AvgIpc) is 3.15. The van der Waals surface area contributed by atoms with Crippen LogP contribution >= 0.6 is 0 Å². The summed E-state index contributed by atoms with van der Waals surface area (Å²) in [6.07, 6.45) is 6.94. The van der Waals surface area contributed by atoms with Crippen molar-refractivity contribution in [1.29, 1.82) is 0 Å². The normalized spacial score (nSPS) is 19.9. The van der Waals surface area contributed by atoms with Gasteiger partial charge in [-0.3, -0.25) is 4.79 Å². The highest BCUT2D eigenvalue weighted by Crippen LogP contribution is 2.32. The maximum atomic E-state index is 11.9. The lowest BCUT2D eigenvalue weighted by Gasteiger charge is -2.16. The second kappa shape index (κ2) is 5.79. The molecule has 1 unspecified atom stereocenters. The van der Waals surface area contributed by atoms with Crippen LogP contribution in [-0.4, -0.2) is 30.0 Å². The first-order valence-electron chi connectivity index (χ1n) is 7.49. The summed E-state index contributed by atoms with van der Waals surface area (Å²) in [5.74, 6) is 1.53. The molecule has 1 aliphatic carbocycles. The van der Waals surface area contributed by atoms with Crippen molar-refractivity contribution in [2.24, 2.45) is 11.7 Å². The number of anilines is 2. The Labute approximate surface area is 119 Å². The number of nitrogens with one attached hydrogen (secondary N) is 1. The summed E-state index contributed by atoms with van der Waals surface area (Å²) in [4.78, 5) is 18.6. The number of hydrogen-bond donors (Lipinski definition) is 2. The van der Waals surface area contributed by atoms with Crippen LogP contribution in [0.4, 0.5) is 11.5 Å². The average molecular weight is 274 g/mol. The third-order valence-electron chi connectivity index (χ3n) is 4.11. The number of aromatic nitrogens is 1. The molecular formula is C15H22N4O. The van der Waals surface area contributed by atoms with Gasteiger partial charge in [0.15, 0.2) is 0 Å². The minimum atomic E-state index is -0.0138. The fraction of sp³-hybridized carbons (Fsp3) is 0.600. The fourth-order valence-electron chi connectivity index (χ4n) is 2.71. The third kappa shape index (κ3) is 3.28. The first-order chi connectivity index (χ1) is 9.72. The zero-order valence-electron chi connectivity index (χ0n) is 11.7. The number of nitrogens with zero attached hydrogens (tertiary/aromatic N) is 2. The molecule has 1 aromatic rings. The van der Waals surface area contributed by atoms with E-state index >= 15 is 0 Å². The molecule has 1 aliphatic heterocycles. The molecule has 108 valence electrons. The van der Waals surface area contributed by atoms with E-state index in [9.17, 15) is 4.79 Å². The van der Waals surface area contributed by atoms with E-state index in [2.05, 4.69) is 15.2 Å². The Morgan fingerprint density at radius 3 is 2.75 bits per heavy atom. The molecule has 1 aromatic heterocycles. The van der Waals surface area contributed by atoms with Crippen molar-refractivity contribution in [3.63, 3.8) is 0 Å². The molecule has 3 rings (SSSR count). The highest BCUT2D eigenvalue weighted by atomic mass is 16.1. The molecule has 2 aliphatic rings. The van der Waals surface area contributed by atoms with Crippen molar-refractivity contribution >= 4 is 17.4 Å². The van der Waals surface area contributed by atoms with Gasteiger partial charge in [0.25, 0.3) is 0 Å². The highest BCUT2D eigenvalue weighted by molar-refractivity contribution is 5.91. The van der Waals surface area contributed by atoms with Crippen molar-refractivity contribution in [2.75, 3.05) is 23.3 Å². The van der Waals surface area contributed by atoms with Gasteiger partial charge in [-0.05, 0) is 43.7 Å². The highest BCUT2D eigenvalue weighted by Gasteiger charge is 2.29. The molecule has 1 saturated carbocycles. The first kappa shape index (κ1) is 13.4. The van der Waals surface area contributed by atoms with Crippen LogP contribution in [0.3, 0.4) is 0 Å². The van der Waals surface area contributed by atoms with Crippen LogP contribution in [0.2, 0.25) is 0 Å². The SMILES string of the molecule is NC(CC(=O)Nc1ccc(N2CCCC2)nc1)C1CC1. The number of pyridine rings is 1. The summed E-state index contributed by atoms with van der Waals surface area (Å²) < 4.78 is 0. The van der Waals surface area contributed by atoms with E-state index in [1.54, 1.807) is 6.20 Å². The lowest BCUT2D eigenvalue weighted by atomic mass is 10.1. The Kier molecular flexibility index (Phi) is 3.87. The van der Waals surface area contributed by atoms with Gasteiger partial charge in [-0.25, -0.2) is 4.98 Å². The van der Waals surface area contributed by atoms with E-state index in [0.29, 0.717) is 12.3 Å². The lowest BCUT2D eigenvalue weighted by Crippen LogP contribution is -2.28. The zero-order chi connectivity index (χ0) is 13.9. The lowest BCUT2D eigenvalue weighted by molar-refractivity contribution is -0.116. The summed E-state index contributed by atoms with van der Waals surface area (Å²) in [5.41, 5.74) is 6.71. The molecule has 0 aromatic carbocycles. The number of hydrogen-bond acceptors (Lipinski definition) is 4. The van der Waals surface area contributed by atoms with E-state index in [1.165, 1.54) is 25.7 Å². The molecule has 0 radical (unpaired) electrons. The maximum absolute atomic E-state index is 11.9. The summed E-state index contributed by atoms with van der Waals surface area (Å²) in [7, 11) is 0. The van der Waals surface area contributed by atoms with Gasteiger partial charge in [0, 0.05) is 25.6 Å². The van der Waals surface area contributed by atoms with Crippen LogP contribution in [0.15, 0.2) is 18.3 Å². The molecule has 20 heavy (non-hydrogen) atoms. The van der Waals surface area contributed by atoms with Crippen molar-refractivity contribution in [1.82, 2.24) is 4.98 Å². The molecule has 3 N–H and O–H groups in total. The predicted molar refractivity (Wildman–Crippen MR) is 79.6 cm³/mol. The van der Waals surface area contributed by atoms with Gasteiger partial charge in [-0.1, -0.05) is 0 Å². The predicted octanol–water partition coefficient (Wildman–Crippen LogP) is 1.75. The van der Waals surface area contributed by atoms with Crippen LogP contribution in [0.5, 0.6) is 0 Å². The van der Waals surface area contributed by atoms with Crippen LogP contribution in [0.1, 0.15) is 32.1 Å². The van der Waals surface area contributed by atoms with Crippen molar-refractivity contribution < 1.29 is 4.79 Å². The Morgan fingerprint density at radius 2 is 2.15 bits per heavy atom. The molecule has 1 atom stereocenters. The van der Waals surface area contributed by atoms with E-state index in [0.717, 1.165) is 24.6 Å². The number of amides is 1. The first-order valence-corrected chi connectivity index (χ1v) is 7.49. The topological polar surface area (TPSA) is 71.2 Å². The van der Waals surface area contributed by atoms with Crippen LogP contribution < -0.4 is 16.0 Å². The summed E-state index contributed by atoms with van der Waals surface area (Å²) in [6.45, 7) is 2.16. The van der Waals surface area contributed by atoms with E-state index in [1.807, 2.05) is 12.1 Å². The number of nitrogens with two attached hydrogens (primary N) is 1. The zero-order valence-corrected chi connectivity index (χ0v) is 11.7. The van der Waals surface area contributed by atoms with Gasteiger partial charge in [-0.2, -0.15) is 0 Å². The third-order valence-corrected chi connectivity index (χ3v) is 4.11. The second-order valence-electron chi connectivity index (χ2n) is 5.85.